The lowest BCUT2D eigenvalue weighted by Crippen LogP contribution is -2.40. The van der Waals surface area contributed by atoms with E-state index in [9.17, 15) is 14.4 Å². The summed E-state index contributed by atoms with van der Waals surface area (Å²) in [4.78, 5) is 40.3. The minimum atomic E-state index is -0.425. The third-order valence-electron chi connectivity index (χ3n) is 6.15. The molecule has 2 N–H and O–H groups in total. The van der Waals surface area contributed by atoms with Gasteiger partial charge in [-0.05, 0) is 37.1 Å². The summed E-state index contributed by atoms with van der Waals surface area (Å²) in [5.41, 5.74) is 2.87. The SMILES string of the molecule is COCCn1cc(C(=O)Nc2ccc3c(c2)C(=O)N2CCC[C@H]2C(=O)N3)c2ccccc21. The number of benzene rings is 2. The molecule has 3 aromatic rings. The molecule has 0 radical (unpaired) electrons. The number of methoxy groups -OCH3 is 1. The predicted molar refractivity (Wildman–Crippen MR) is 121 cm³/mol. The zero-order valence-electron chi connectivity index (χ0n) is 17.8. The van der Waals surface area contributed by atoms with E-state index in [4.69, 9.17) is 4.74 Å². The van der Waals surface area contributed by atoms with Gasteiger partial charge in [-0.2, -0.15) is 0 Å². The van der Waals surface area contributed by atoms with Crippen molar-refractivity contribution in [1.29, 1.82) is 0 Å². The Bertz CT molecular complexity index is 1230. The van der Waals surface area contributed by atoms with Crippen LogP contribution in [-0.2, 0) is 16.1 Å². The summed E-state index contributed by atoms with van der Waals surface area (Å²) in [6, 6.07) is 12.3. The van der Waals surface area contributed by atoms with E-state index < -0.39 is 6.04 Å². The minimum Gasteiger partial charge on any atom is -0.383 e. The monoisotopic (exact) mass is 432 g/mol. The molecule has 8 nitrogen and oxygen atoms in total. The van der Waals surface area contributed by atoms with Crippen LogP contribution >= 0.6 is 0 Å². The number of anilines is 2. The summed E-state index contributed by atoms with van der Waals surface area (Å²) in [6.45, 7) is 1.73. The Morgan fingerprint density at radius 3 is 2.91 bits per heavy atom. The van der Waals surface area contributed by atoms with Crippen LogP contribution in [0.3, 0.4) is 0 Å². The molecule has 1 atom stereocenters. The molecule has 0 unspecified atom stereocenters. The standard InChI is InChI=1S/C24H24N4O4/c1-32-12-11-27-14-18(16-5-2-3-6-20(16)27)22(29)25-15-8-9-19-17(13-15)24(31)28-10-4-7-21(28)23(30)26-19/h2-3,5-6,8-9,13-14,21H,4,7,10-12H2,1H3,(H,25,29)(H,26,30)/t21-/m0/s1. The van der Waals surface area contributed by atoms with E-state index in [1.807, 2.05) is 35.0 Å². The molecule has 1 saturated heterocycles. The van der Waals surface area contributed by atoms with Crippen LogP contribution < -0.4 is 10.6 Å². The molecule has 1 aromatic heterocycles. The molecule has 1 fully saturated rings. The molecular formula is C24H24N4O4. The van der Waals surface area contributed by atoms with E-state index >= 15 is 0 Å². The highest BCUT2D eigenvalue weighted by atomic mass is 16.5. The van der Waals surface area contributed by atoms with Gasteiger partial charge in [0.15, 0.2) is 0 Å². The fourth-order valence-corrected chi connectivity index (χ4v) is 4.56. The summed E-state index contributed by atoms with van der Waals surface area (Å²) in [5.74, 6) is -0.607. The first-order chi connectivity index (χ1) is 15.6. The van der Waals surface area contributed by atoms with Crippen molar-refractivity contribution in [2.45, 2.75) is 25.4 Å². The summed E-state index contributed by atoms with van der Waals surface area (Å²) < 4.78 is 7.18. The molecule has 2 aliphatic rings. The Labute approximate surface area is 185 Å². The van der Waals surface area contributed by atoms with Crippen molar-refractivity contribution in [3.8, 4) is 0 Å². The van der Waals surface area contributed by atoms with Crippen molar-refractivity contribution in [1.82, 2.24) is 9.47 Å². The van der Waals surface area contributed by atoms with Crippen LogP contribution in [0.1, 0.15) is 33.6 Å². The Balaban J connectivity index is 1.45. The summed E-state index contributed by atoms with van der Waals surface area (Å²) in [5, 5.41) is 6.62. The highest BCUT2D eigenvalue weighted by molar-refractivity contribution is 6.14. The average Bonchev–Trinajstić information content (AvgIpc) is 3.41. The molecule has 0 saturated carbocycles. The van der Waals surface area contributed by atoms with Crippen LogP contribution in [0.2, 0.25) is 0 Å². The van der Waals surface area contributed by atoms with E-state index in [0.29, 0.717) is 48.6 Å². The molecule has 0 spiro atoms. The van der Waals surface area contributed by atoms with E-state index in [1.165, 1.54) is 0 Å². The van der Waals surface area contributed by atoms with Crippen molar-refractivity contribution in [2.75, 3.05) is 30.9 Å². The number of fused-ring (bicyclic) bond motifs is 3. The first-order valence-electron chi connectivity index (χ1n) is 10.7. The number of rotatable bonds is 5. The van der Waals surface area contributed by atoms with Gasteiger partial charge in [0.05, 0.1) is 23.4 Å². The summed E-state index contributed by atoms with van der Waals surface area (Å²) in [6.07, 6.45) is 3.30. The number of ether oxygens (including phenoxy) is 1. The zero-order chi connectivity index (χ0) is 22.2. The van der Waals surface area contributed by atoms with Crippen molar-refractivity contribution in [3.63, 3.8) is 0 Å². The lowest BCUT2D eigenvalue weighted by Gasteiger charge is -2.20. The number of aromatic nitrogens is 1. The smallest absolute Gasteiger partial charge is 0.257 e. The Hall–Kier alpha value is -3.65. The number of amides is 3. The molecule has 3 heterocycles. The number of carbonyl (C=O) groups excluding carboxylic acids is 3. The first kappa shape index (κ1) is 20.3. The van der Waals surface area contributed by atoms with Crippen molar-refractivity contribution in [3.05, 3.63) is 59.8 Å². The van der Waals surface area contributed by atoms with Gasteiger partial charge < -0.3 is 24.8 Å². The van der Waals surface area contributed by atoms with Crippen LogP contribution in [0.4, 0.5) is 11.4 Å². The second-order valence-electron chi connectivity index (χ2n) is 8.11. The van der Waals surface area contributed by atoms with Crippen LogP contribution in [0, 0.1) is 0 Å². The molecule has 2 aromatic carbocycles. The van der Waals surface area contributed by atoms with Crippen LogP contribution in [0.5, 0.6) is 0 Å². The normalized spacial score (nSPS) is 17.7. The molecule has 8 heteroatoms. The van der Waals surface area contributed by atoms with Gasteiger partial charge in [-0.1, -0.05) is 18.2 Å². The maximum absolute atomic E-state index is 13.1. The third kappa shape index (κ3) is 3.42. The van der Waals surface area contributed by atoms with Gasteiger partial charge in [0.1, 0.15) is 6.04 Å². The topological polar surface area (TPSA) is 92.7 Å². The van der Waals surface area contributed by atoms with Gasteiger partial charge in [-0.3, -0.25) is 14.4 Å². The number of nitrogens with one attached hydrogen (secondary N) is 2. The maximum Gasteiger partial charge on any atom is 0.257 e. The van der Waals surface area contributed by atoms with Gasteiger partial charge in [0.25, 0.3) is 11.8 Å². The van der Waals surface area contributed by atoms with E-state index in [-0.39, 0.29) is 17.7 Å². The van der Waals surface area contributed by atoms with Gasteiger partial charge in [0.2, 0.25) is 5.91 Å². The minimum absolute atomic E-state index is 0.157. The Morgan fingerprint density at radius 1 is 1.22 bits per heavy atom. The zero-order valence-corrected chi connectivity index (χ0v) is 17.8. The summed E-state index contributed by atoms with van der Waals surface area (Å²) in [7, 11) is 1.64. The van der Waals surface area contributed by atoms with Crippen LogP contribution in [0.15, 0.2) is 48.7 Å². The molecular weight excluding hydrogens is 408 g/mol. The van der Waals surface area contributed by atoms with E-state index in [0.717, 1.165) is 17.3 Å². The van der Waals surface area contributed by atoms with Gasteiger partial charge in [0, 0.05) is 43.0 Å². The quantitative estimate of drug-likeness (QED) is 0.648. The highest BCUT2D eigenvalue weighted by Crippen LogP contribution is 2.31. The number of hydrogen-bond acceptors (Lipinski definition) is 4. The molecule has 164 valence electrons. The van der Waals surface area contributed by atoms with Crippen molar-refractivity contribution < 1.29 is 19.1 Å². The van der Waals surface area contributed by atoms with Gasteiger partial charge >= 0.3 is 0 Å². The number of carbonyl (C=O) groups is 3. The van der Waals surface area contributed by atoms with Gasteiger partial charge in [-0.25, -0.2) is 0 Å². The fraction of sp³-hybridized carbons (Fsp3) is 0.292. The summed E-state index contributed by atoms with van der Waals surface area (Å²) >= 11 is 0. The molecule has 5 rings (SSSR count). The number of nitrogens with zero attached hydrogens (tertiary/aromatic N) is 2. The van der Waals surface area contributed by atoms with Crippen molar-refractivity contribution in [2.24, 2.45) is 0 Å². The molecule has 0 aliphatic carbocycles. The Kier molecular flexibility index (Phi) is 5.14. The average molecular weight is 432 g/mol. The Morgan fingerprint density at radius 2 is 2.06 bits per heavy atom. The number of hydrogen-bond donors (Lipinski definition) is 2. The molecule has 32 heavy (non-hydrogen) atoms. The van der Waals surface area contributed by atoms with E-state index in [1.54, 1.807) is 30.2 Å². The highest BCUT2D eigenvalue weighted by Gasteiger charge is 2.38. The first-order valence-corrected chi connectivity index (χ1v) is 10.7. The van der Waals surface area contributed by atoms with Crippen molar-refractivity contribution >= 4 is 40.0 Å². The lowest BCUT2D eigenvalue weighted by molar-refractivity contribution is -0.119. The second-order valence-corrected chi connectivity index (χ2v) is 8.11. The second kappa shape index (κ2) is 8.12. The lowest BCUT2D eigenvalue weighted by atomic mass is 10.1. The molecule has 3 amide bonds. The largest absolute Gasteiger partial charge is 0.383 e. The molecule has 2 aliphatic heterocycles. The predicted octanol–water partition coefficient (Wildman–Crippen LogP) is 3.10. The van der Waals surface area contributed by atoms with Crippen LogP contribution in [-0.4, -0.2) is 53.5 Å². The number of para-hydroxylation sites is 1. The maximum atomic E-state index is 13.1. The fourth-order valence-electron chi connectivity index (χ4n) is 4.56. The van der Waals surface area contributed by atoms with Gasteiger partial charge in [-0.15, -0.1) is 0 Å². The van der Waals surface area contributed by atoms with Crippen LogP contribution in [0.25, 0.3) is 10.9 Å². The van der Waals surface area contributed by atoms with E-state index in [2.05, 4.69) is 10.6 Å². The molecule has 0 bridgehead atoms. The third-order valence-corrected chi connectivity index (χ3v) is 6.15.